The maximum atomic E-state index is 14.7. The summed E-state index contributed by atoms with van der Waals surface area (Å²) in [7, 11) is 6.88. The number of amides is 8. The molecule has 5 aromatic carbocycles. The van der Waals surface area contributed by atoms with Gasteiger partial charge in [0.05, 0.1) is 55.2 Å². The molecule has 3 saturated heterocycles. The lowest BCUT2D eigenvalue weighted by Gasteiger charge is -2.34. The summed E-state index contributed by atoms with van der Waals surface area (Å²) in [5.74, 6) is 0.740. The first kappa shape index (κ1) is 108. The molecule has 43 heteroatoms. The fourth-order valence-corrected chi connectivity index (χ4v) is 18.5. The van der Waals surface area contributed by atoms with E-state index in [1.165, 1.54) is 42.4 Å². The first-order valence-electron chi connectivity index (χ1n) is 45.8. The number of nitrogens with zero attached hydrogens (tertiary/aromatic N) is 21. The zero-order valence-corrected chi connectivity index (χ0v) is 81.7. The number of aromatic amines is 1. The highest BCUT2D eigenvalue weighted by Crippen LogP contribution is 2.41. The van der Waals surface area contributed by atoms with Crippen molar-refractivity contribution in [1.29, 1.82) is 0 Å². The lowest BCUT2D eigenvalue weighted by Crippen LogP contribution is -2.55. The molecule has 12 rings (SSSR count). The largest absolute Gasteiger partial charge is 0.494 e. The summed E-state index contributed by atoms with van der Waals surface area (Å²) in [6, 6.07) is 35.9. The number of carboxylic acid groups (broad SMARTS) is 1. The molecule has 38 nitrogen and oxygen atoms in total. The van der Waals surface area contributed by atoms with E-state index < -0.39 is 61.2 Å². The molecule has 3 fully saturated rings. The second-order valence-corrected chi connectivity index (χ2v) is 36.1. The van der Waals surface area contributed by atoms with Crippen LogP contribution in [0.3, 0.4) is 0 Å². The number of azide groups is 2. The van der Waals surface area contributed by atoms with E-state index in [1.54, 1.807) is 26.5 Å². The van der Waals surface area contributed by atoms with Gasteiger partial charge in [-0.2, -0.15) is 11.8 Å². The van der Waals surface area contributed by atoms with Crippen molar-refractivity contribution in [2.75, 3.05) is 163 Å². The van der Waals surface area contributed by atoms with Crippen LogP contribution in [0.5, 0.6) is 5.75 Å². The van der Waals surface area contributed by atoms with Gasteiger partial charge >= 0.3 is 5.97 Å². The van der Waals surface area contributed by atoms with Crippen LogP contribution in [0, 0.1) is 5.92 Å². The number of likely N-dealkylation sites (N-methyl/N-ethyl adjacent to an activating group) is 1. The van der Waals surface area contributed by atoms with Gasteiger partial charge in [0.15, 0.2) is 0 Å². The molecule has 4 aliphatic heterocycles. The number of aliphatic imine (C=N–C) groups is 1. The number of aromatic nitrogens is 8. The molecular formula is C93H125Cl4N27O11S. The number of benzene rings is 5. The van der Waals surface area contributed by atoms with Gasteiger partial charge in [-0.15, -0.1) is 56.6 Å². The van der Waals surface area contributed by atoms with Crippen LogP contribution < -0.4 is 46.4 Å². The molecule has 136 heavy (non-hydrogen) atoms. The zero-order valence-electron chi connectivity index (χ0n) is 77.9. The molecule has 3 aromatic heterocycles. The lowest BCUT2D eigenvalue weighted by atomic mass is 9.94. The number of anilines is 3. The van der Waals surface area contributed by atoms with Crippen molar-refractivity contribution in [3.05, 3.63) is 176 Å². The molecule has 8 aromatic rings. The van der Waals surface area contributed by atoms with Crippen LogP contribution >= 0.6 is 58.2 Å². The SMILES string of the molecule is CCCN(CC(=O)N(CC(N)=O)Cc1cn(C)nn1)C(=O)CN(Cc1cn(C)nn1)C(=O)C(CNC(=O)CCCc1ccc(N(CCCl)CCCl)cc1)NC(=O)CCCC[C@@H]1SC[C@@H]2NC(=O)C[C@@H]21.CN1CCN(c2ccc3c(c2)CC(c2ccc4nc(-c5cccc(OCCCC(=O)NCCCN=[N+]=[N-])c5)[nH]c4c2)=N3)CC1.CN=[N+]=[N-].O=C(O)CCCc1ccc(N(CCCl)CCCl)cc1. The molecular weight excluding hydrogens is 1850 g/mol. The van der Waals surface area contributed by atoms with Gasteiger partial charge in [0.1, 0.15) is 35.5 Å². The number of primary amides is 1. The summed E-state index contributed by atoms with van der Waals surface area (Å²) < 4.78 is 8.82. The number of aliphatic carboxylic acids is 1. The molecule has 4 aliphatic rings. The third kappa shape index (κ3) is 35.9. The van der Waals surface area contributed by atoms with Gasteiger partial charge in [0.25, 0.3) is 0 Å². The Labute approximate surface area is 816 Å². The summed E-state index contributed by atoms with van der Waals surface area (Å²) in [6.45, 7) is 8.54. The van der Waals surface area contributed by atoms with Crippen molar-refractivity contribution >= 4 is 151 Å². The van der Waals surface area contributed by atoms with Crippen molar-refractivity contribution in [1.82, 2.24) is 80.8 Å². The number of carbonyl (C=O) groups excluding carboxylic acids is 8. The summed E-state index contributed by atoms with van der Waals surface area (Å²) >= 11 is 25.4. The Balaban J connectivity index is 0.000000260. The van der Waals surface area contributed by atoms with Crippen molar-refractivity contribution in [2.45, 2.75) is 140 Å². The molecule has 8 N–H and O–H groups in total. The number of ether oxygens (including phenoxy) is 1. The van der Waals surface area contributed by atoms with Crippen molar-refractivity contribution < 1.29 is 53.0 Å². The van der Waals surface area contributed by atoms with E-state index in [0.717, 1.165) is 138 Å². The number of hydrogen-bond donors (Lipinski definition) is 7. The van der Waals surface area contributed by atoms with Gasteiger partial charge in [0, 0.05) is 230 Å². The standard InChI is InChI=1S/C45H66Cl2N14O7S.C33H37N9O2.C14H19Cl2NO2.CH3N3/c1-4-18-59(28-44(67)60(27-39(48)62)25-32-23-56(2)54-52-32)43(66)29-61(26-33-24-57(3)55-53-33)45(68)36(50-41(64)10-6-5-9-38-35-21-42(65)51-37(35)30-69-38)22-49-40(63)11-7-8-31-12-14-34(15-13-31)58(19-16-46)20-17-47;1-41-14-16-42(17-15-41)26-9-11-28-25(19-26)22-30(37-28)23-8-10-29-31(21-23)39-33(38-29)24-5-2-6-27(20-24)44-18-3-7-32(43)35-12-4-13-36-40-34;15-8-10-17(11-9-16)13-6-4-12(5-7-13)2-1-3-14(18)19;1-3-4-2/h12-15,23-24,35-38H,4-11,16-22,25-30H2,1-3H3,(H2,48,62)(H,49,63)(H,50,64)(H,51,65);2,5-6,8-11,19-21H,3-4,7,12-18,22H2,1H3,(H,35,43)(H,38,39);4-7H,1-3,8-11H2,(H,18,19);1H3/t35-,36?,37-,38-;;;/m0.../s1. The van der Waals surface area contributed by atoms with E-state index in [1.807, 2.05) is 97.5 Å². The van der Waals surface area contributed by atoms with Crippen LogP contribution in [-0.4, -0.2) is 289 Å². The summed E-state index contributed by atoms with van der Waals surface area (Å²) in [5, 5.41) is 42.9. The smallest absolute Gasteiger partial charge is 0.303 e. The fraction of sp³-hybridized carbons (Fsp3) is 0.516. The van der Waals surface area contributed by atoms with Gasteiger partial charge < -0.3 is 76.1 Å². The molecule has 0 radical (unpaired) electrons. The third-order valence-corrected chi connectivity index (χ3v) is 25.2. The Morgan fingerprint density at radius 1 is 0.676 bits per heavy atom. The number of H-pyrrole nitrogens is 1. The summed E-state index contributed by atoms with van der Waals surface area (Å²) in [5.41, 5.74) is 34.8. The monoisotopic (exact) mass is 1970 g/mol. The van der Waals surface area contributed by atoms with E-state index in [9.17, 15) is 43.2 Å². The number of unbranched alkanes of at least 4 members (excludes halogenated alkanes) is 1. The summed E-state index contributed by atoms with van der Waals surface area (Å²) in [6.07, 6.45) is 11.8. The van der Waals surface area contributed by atoms with E-state index in [4.69, 9.17) is 83.0 Å². The minimum atomic E-state index is -1.27. The highest BCUT2D eigenvalue weighted by atomic mass is 35.5. The molecule has 4 atom stereocenters. The second kappa shape index (κ2) is 57.8. The topological polar surface area (TPSA) is 480 Å². The maximum absolute atomic E-state index is 14.7. The fourth-order valence-electron chi connectivity index (χ4n) is 16.0. The van der Waals surface area contributed by atoms with Crippen LogP contribution in [0.4, 0.5) is 22.7 Å². The first-order chi connectivity index (χ1) is 65.8. The Bertz CT molecular complexity index is 5330. The number of fused-ring (bicyclic) bond motifs is 3. The average Bonchev–Trinajstić information content (AvgIpc) is 1.63. The summed E-state index contributed by atoms with van der Waals surface area (Å²) in [4.78, 5) is 147. The van der Waals surface area contributed by atoms with E-state index in [0.29, 0.717) is 131 Å². The van der Waals surface area contributed by atoms with E-state index >= 15 is 0 Å². The molecule has 0 saturated carbocycles. The predicted molar refractivity (Wildman–Crippen MR) is 531 cm³/mol. The minimum Gasteiger partial charge on any atom is -0.494 e. The number of piperazine rings is 1. The predicted octanol–water partition coefficient (Wildman–Crippen LogP) is 11.1. The van der Waals surface area contributed by atoms with E-state index in [2.05, 4.69) is 124 Å². The van der Waals surface area contributed by atoms with Crippen molar-refractivity contribution in [3.63, 3.8) is 0 Å². The number of aryl methyl sites for hydroxylation is 4. The number of thioether (sulfide) groups is 1. The van der Waals surface area contributed by atoms with Gasteiger partial charge in [0.2, 0.25) is 47.3 Å². The Kier molecular flexibility index (Phi) is 45.8. The van der Waals surface area contributed by atoms with Crippen LogP contribution in [0.15, 0.2) is 137 Å². The van der Waals surface area contributed by atoms with Gasteiger partial charge in [-0.25, -0.2) is 4.98 Å². The molecule has 0 bridgehead atoms. The molecule has 0 aliphatic carbocycles. The molecule has 7 heterocycles. The molecule has 8 amide bonds. The number of carbonyl (C=O) groups is 9. The quantitative estimate of drug-likeness (QED) is 0.00612. The zero-order chi connectivity index (χ0) is 97.7. The molecule has 732 valence electrons. The van der Waals surface area contributed by atoms with Crippen LogP contribution in [0.2, 0.25) is 0 Å². The normalized spacial score (nSPS) is 14.7. The Morgan fingerprint density at radius 2 is 1.29 bits per heavy atom. The van der Waals surface area contributed by atoms with Gasteiger partial charge in [-0.05, 0) is 165 Å². The van der Waals surface area contributed by atoms with Crippen molar-refractivity contribution in [2.24, 2.45) is 41.0 Å². The number of carboxylic acids is 1. The number of halogens is 4. The molecule has 0 spiro atoms. The number of hydrogen-bond acceptors (Lipinski definition) is 23. The van der Waals surface area contributed by atoms with E-state index in [-0.39, 0.29) is 75.1 Å². The number of nitrogens with two attached hydrogens (primary N) is 1. The lowest BCUT2D eigenvalue weighted by molar-refractivity contribution is -0.146. The van der Waals surface area contributed by atoms with Gasteiger partial charge in [-0.1, -0.05) is 76.5 Å². The minimum absolute atomic E-state index is 0.0345. The van der Waals surface area contributed by atoms with Gasteiger partial charge in [-0.3, -0.25) is 57.5 Å². The number of nitrogens with one attached hydrogen (secondary N) is 5. The third-order valence-electron chi connectivity index (χ3n) is 23.0. The van der Waals surface area contributed by atoms with Crippen molar-refractivity contribution in [3.8, 4) is 17.1 Å². The highest BCUT2D eigenvalue weighted by molar-refractivity contribution is 8.00. The Hall–Kier alpha value is -12.0. The van der Waals surface area contributed by atoms with Crippen LogP contribution in [0.1, 0.15) is 124 Å². The number of rotatable bonds is 51. The first-order valence-corrected chi connectivity index (χ1v) is 49.0. The number of imidazole rings is 1. The Morgan fingerprint density at radius 3 is 1.89 bits per heavy atom. The number of alkyl halides is 4. The second-order valence-electron chi connectivity index (χ2n) is 33.3. The maximum Gasteiger partial charge on any atom is 0.303 e. The molecule has 1 unspecified atom stereocenters. The average molecular weight is 1970 g/mol. The van der Waals surface area contributed by atoms with Crippen LogP contribution in [0.25, 0.3) is 43.3 Å². The highest BCUT2D eigenvalue weighted by Gasteiger charge is 2.43. The van der Waals surface area contributed by atoms with Crippen LogP contribution in [-0.2, 0) is 89.6 Å².